The summed E-state index contributed by atoms with van der Waals surface area (Å²) in [5.41, 5.74) is 2.95. The number of para-hydroxylation sites is 1. The number of nitrogens with one attached hydrogen (secondary N) is 1. The Labute approximate surface area is 101 Å². The first kappa shape index (κ1) is 11.3. The van der Waals surface area contributed by atoms with Crippen molar-refractivity contribution in [1.82, 2.24) is 0 Å². The average molecular weight is 232 g/mol. The standard InChI is InChI=1S/C13H16N2S/c1-10-4-2-5-11(8-14)13(10)15-12-6-3-7-16-9-12/h2,4-5,12,15H,3,6-7,9H2,1H3. The highest BCUT2D eigenvalue weighted by Crippen LogP contribution is 2.25. The van der Waals surface area contributed by atoms with Crippen LogP contribution in [-0.4, -0.2) is 17.5 Å². The minimum atomic E-state index is 0.520. The van der Waals surface area contributed by atoms with Crippen molar-refractivity contribution >= 4 is 17.4 Å². The van der Waals surface area contributed by atoms with E-state index in [9.17, 15) is 0 Å². The lowest BCUT2D eigenvalue weighted by Gasteiger charge is -2.25. The van der Waals surface area contributed by atoms with E-state index in [-0.39, 0.29) is 0 Å². The molecule has 0 saturated carbocycles. The van der Waals surface area contributed by atoms with Gasteiger partial charge in [-0.25, -0.2) is 0 Å². The second kappa shape index (κ2) is 5.27. The third-order valence-electron chi connectivity index (χ3n) is 2.90. The Morgan fingerprint density at radius 3 is 3.06 bits per heavy atom. The number of aryl methyl sites for hydroxylation is 1. The first-order valence-corrected chi connectivity index (χ1v) is 6.80. The van der Waals surface area contributed by atoms with Gasteiger partial charge in [-0.3, -0.25) is 0 Å². The van der Waals surface area contributed by atoms with Crippen LogP contribution in [0.5, 0.6) is 0 Å². The number of nitriles is 1. The summed E-state index contributed by atoms with van der Waals surface area (Å²) in [7, 11) is 0. The molecule has 0 spiro atoms. The van der Waals surface area contributed by atoms with Crippen LogP contribution in [0.2, 0.25) is 0 Å². The number of benzene rings is 1. The quantitative estimate of drug-likeness (QED) is 0.850. The van der Waals surface area contributed by atoms with Crippen molar-refractivity contribution in [2.45, 2.75) is 25.8 Å². The summed E-state index contributed by atoms with van der Waals surface area (Å²) in [4.78, 5) is 0. The van der Waals surface area contributed by atoms with E-state index < -0.39 is 0 Å². The van der Waals surface area contributed by atoms with Gasteiger partial charge in [0.25, 0.3) is 0 Å². The molecule has 0 bridgehead atoms. The van der Waals surface area contributed by atoms with Crippen molar-refractivity contribution in [3.63, 3.8) is 0 Å². The van der Waals surface area contributed by atoms with Gasteiger partial charge in [0.15, 0.2) is 0 Å². The molecule has 1 aliphatic heterocycles. The monoisotopic (exact) mass is 232 g/mol. The molecule has 1 unspecified atom stereocenters. The maximum Gasteiger partial charge on any atom is 0.101 e. The van der Waals surface area contributed by atoms with Gasteiger partial charge in [-0.1, -0.05) is 12.1 Å². The zero-order valence-electron chi connectivity index (χ0n) is 9.49. The van der Waals surface area contributed by atoms with Gasteiger partial charge in [0.1, 0.15) is 6.07 Å². The van der Waals surface area contributed by atoms with Crippen molar-refractivity contribution < 1.29 is 0 Å². The zero-order chi connectivity index (χ0) is 11.4. The van der Waals surface area contributed by atoms with Gasteiger partial charge in [-0.2, -0.15) is 17.0 Å². The van der Waals surface area contributed by atoms with Crippen LogP contribution < -0.4 is 5.32 Å². The minimum Gasteiger partial charge on any atom is -0.380 e. The maximum atomic E-state index is 9.08. The van der Waals surface area contributed by atoms with Crippen LogP contribution in [0.25, 0.3) is 0 Å². The number of thioether (sulfide) groups is 1. The zero-order valence-corrected chi connectivity index (χ0v) is 10.3. The second-order valence-corrected chi connectivity index (χ2v) is 5.32. The molecule has 1 aliphatic rings. The fourth-order valence-electron chi connectivity index (χ4n) is 2.01. The summed E-state index contributed by atoms with van der Waals surface area (Å²) >= 11 is 2.00. The Morgan fingerprint density at radius 1 is 1.50 bits per heavy atom. The van der Waals surface area contributed by atoms with Crippen LogP contribution in [-0.2, 0) is 0 Å². The van der Waals surface area contributed by atoms with E-state index in [1.807, 2.05) is 23.9 Å². The summed E-state index contributed by atoms with van der Waals surface area (Å²) in [6.45, 7) is 2.05. The molecule has 1 aromatic rings. The van der Waals surface area contributed by atoms with Crippen molar-refractivity contribution in [2.75, 3.05) is 16.8 Å². The normalized spacial score (nSPS) is 20.1. The van der Waals surface area contributed by atoms with Gasteiger partial charge in [0.05, 0.1) is 11.3 Å². The fraction of sp³-hybridized carbons (Fsp3) is 0.462. The molecule has 1 heterocycles. The Hall–Kier alpha value is -1.14. The molecule has 1 N–H and O–H groups in total. The van der Waals surface area contributed by atoms with Gasteiger partial charge in [-0.15, -0.1) is 0 Å². The molecule has 1 saturated heterocycles. The largest absolute Gasteiger partial charge is 0.380 e. The molecular weight excluding hydrogens is 216 g/mol. The van der Waals surface area contributed by atoms with Crippen LogP contribution in [0.4, 0.5) is 5.69 Å². The molecule has 0 aromatic heterocycles. The smallest absolute Gasteiger partial charge is 0.101 e. The molecule has 1 fully saturated rings. The number of rotatable bonds is 2. The maximum absolute atomic E-state index is 9.08. The van der Waals surface area contributed by atoms with Crippen molar-refractivity contribution in [1.29, 1.82) is 5.26 Å². The van der Waals surface area contributed by atoms with E-state index >= 15 is 0 Å². The van der Waals surface area contributed by atoms with Crippen molar-refractivity contribution in [3.8, 4) is 6.07 Å². The molecule has 1 atom stereocenters. The highest BCUT2D eigenvalue weighted by Gasteiger charge is 2.15. The number of hydrogen-bond donors (Lipinski definition) is 1. The van der Waals surface area contributed by atoms with E-state index in [1.165, 1.54) is 18.6 Å². The van der Waals surface area contributed by atoms with E-state index in [2.05, 4.69) is 24.4 Å². The Kier molecular flexibility index (Phi) is 3.74. The summed E-state index contributed by atoms with van der Waals surface area (Å²) in [6.07, 6.45) is 2.49. The van der Waals surface area contributed by atoms with Gasteiger partial charge in [-0.05, 0) is 37.1 Å². The highest BCUT2D eigenvalue weighted by molar-refractivity contribution is 7.99. The average Bonchev–Trinajstić information content (AvgIpc) is 2.33. The third kappa shape index (κ3) is 2.51. The predicted octanol–water partition coefficient (Wildman–Crippen LogP) is 3.17. The van der Waals surface area contributed by atoms with Crippen molar-refractivity contribution in [2.24, 2.45) is 0 Å². The Balaban J connectivity index is 2.16. The van der Waals surface area contributed by atoms with Crippen LogP contribution in [0, 0.1) is 18.3 Å². The van der Waals surface area contributed by atoms with E-state index in [0.29, 0.717) is 6.04 Å². The first-order chi connectivity index (χ1) is 7.81. The van der Waals surface area contributed by atoms with Crippen LogP contribution in [0.1, 0.15) is 24.0 Å². The number of nitrogens with zero attached hydrogens (tertiary/aromatic N) is 1. The molecule has 1 aromatic carbocycles. The van der Waals surface area contributed by atoms with Gasteiger partial charge in [0.2, 0.25) is 0 Å². The fourth-order valence-corrected chi connectivity index (χ4v) is 3.08. The van der Waals surface area contributed by atoms with Gasteiger partial charge < -0.3 is 5.32 Å². The van der Waals surface area contributed by atoms with Crippen LogP contribution in [0.3, 0.4) is 0 Å². The summed E-state index contributed by atoms with van der Waals surface area (Å²) in [5.74, 6) is 2.43. The van der Waals surface area contributed by atoms with E-state index in [0.717, 1.165) is 22.6 Å². The second-order valence-electron chi connectivity index (χ2n) is 4.17. The molecular formula is C13H16N2S. The Bertz CT molecular complexity index is 403. The summed E-state index contributed by atoms with van der Waals surface area (Å²) in [6, 6.07) is 8.65. The van der Waals surface area contributed by atoms with Crippen LogP contribution >= 0.6 is 11.8 Å². The molecule has 16 heavy (non-hydrogen) atoms. The summed E-state index contributed by atoms with van der Waals surface area (Å²) < 4.78 is 0. The molecule has 2 nitrogen and oxygen atoms in total. The molecule has 84 valence electrons. The lowest BCUT2D eigenvalue weighted by Crippen LogP contribution is -2.26. The molecule has 0 aliphatic carbocycles. The number of hydrogen-bond acceptors (Lipinski definition) is 3. The van der Waals surface area contributed by atoms with Gasteiger partial charge >= 0.3 is 0 Å². The molecule has 3 heteroatoms. The third-order valence-corrected chi connectivity index (χ3v) is 4.12. The first-order valence-electron chi connectivity index (χ1n) is 5.65. The minimum absolute atomic E-state index is 0.520. The lowest BCUT2D eigenvalue weighted by molar-refractivity contribution is 0.684. The van der Waals surface area contributed by atoms with Gasteiger partial charge in [0, 0.05) is 11.8 Å². The number of anilines is 1. The highest BCUT2D eigenvalue weighted by atomic mass is 32.2. The SMILES string of the molecule is Cc1cccc(C#N)c1NC1CCCSC1. The topological polar surface area (TPSA) is 35.8 Å². The Morgan fingerprint density at radius 2 is 2.38 bits per heavy atom. The molecule has 2 rings (SSSR count). The predicted molar refractivity (Wildman–Crippen MR) is 69.9 cm³/mol. The van der Waals surface area contributed by atoms with E-state index in [1.54, 1.807) is 0 Å². The molecule has 0 radical (unpaired) electrons. The van der Waals surface area contributed by atoms with Crippen molar-refractivity contribution in [3.05, 3.63) is 29.3 Å². The van der Waals surface area contributed by atoms with Crippen LogP contribution in [0.15, 0.2) is 18.2 Å². The lowest BCUT2D eigenvalue weighted by atomic mass is 10.1. The molecule has 0 amide bonds. The summed E-state index contributed by atoms with van der Waals surface area (Å²) in [5, 5.41) is 12.6. The van der Waals surface area contributed by atoms with E-state index in [4.69, 9.17) is 5.26 Å².